The summed E-state index contributed by atoms with van der Waals surface area (Å²) in [4.78, 5) is 30.8. The van der Waals surface area contributed by atoms with Crippen LogP contribution in [0.2, 0.25) is 0 Å². The van der Waals surface area contributed by atoms with E-state index in [1.54, 1.807) is 0 Å². The van der Waals surface area contributed by atoms with Crippen molar-refractivity contribution in [2.45, 2.75) is 52.0 Å². The number of likely N-dealkylation sites (tertiary alicyclic amines) is 1. The highest BCUT2D eigenvalue weighted by Gasteiger charge is 2.54. The average molecular weight is 429 g/mol. The minimum absolute atomic E-state index is 0.103. The van der Waals surface area contributed by atoms with Crippen molar-refractivity contribution in [3.8, 4) is 0 Å². The Bertz CT molecular complexity index is 791. The van der Waals surface area contributed by atoms with Gasteiger partial charge in [0, 0.05) is 32.2 Å². The number of benzene rings is 1. The SMILES string of the molecule is CCOC(=O)[C@@]12CC[C@@H](N3CCOCC3)C[C@H]1CCN(C(=O)Cc1cccc(C)c1)C2. The number of morpholine rings is 1. The lowest BCUT2D eigenvalue weighted by molar-refractivity contribution is -0.171. The normalized spacial score (nSPS) is 29.3. The Morgan fingerprint density at radius 2 is 2.00 bits per heavy atom. The largest absolute Gasteiger partial charge is 0.466 e. The number of rotatable bonds is 5. The van der Waals surface area contributed by atoms with Gasteiger partial charge < -0.3 is 14.4 Å². The molecular formula is C25H36N2O4. The number of nitrogens with zero attached hydrogens (tertiary/aromatic N) is 2. The van der Waals surface area contributed by atoms with E-state index in [9.17, 15) is 9.59 Å². The van der Waals surface area contributed by atoms with E-state index in [4.69, 9.17) is 9.47 Å². The number of carbonyl (C=O) groups excluding carboxylic acids is 2. The fraction of sp³-hybridized carbons (Fsp3) is 0.680. The zero-order valence-electron chi connectivity index (χ0n) is 19.0. The minimum atomic E-state index is -0.556. The van der Waals surface area contributed by atoms with Crippen molar-refractivity contribution in [3.63, 3.8) is 0 Å². The zero-order valence-corrected chi connectivity index (χ0v) is 19.0. The molecule has 31 heavy (non-hydrogen) atoms. The summed E-state index contributed by atoms with van der Waals surface area (Å²) in [6.45, 7) is 9.07. The van der Waals surface area contributed by atoms with Gasteiger partial charge in [-0.05, 0) is 51.0 Å². The molecule has 2 aliphatic heterocycles. The summed E-state index contributed by atoms with van der Waals surface area (Å²) in [6, 6.07) is 8.62. The maximum atomic E-state index is 13.2. The molecule has 1 amide bonds. The third-order valence-corrected chi connectivity index (χ3v) is 7.52. The van der Waals surface area contributed by atoms with Gasteiger partial charge in [0.2, 0.25) is 5.91 Å². The predicted octanol–water partition coefficient (Wildman–Crippen LogP) is 2.82. The van der Waals surface area contributed by atoms with Gasteiger partial charge in [-0.15, -0.1) is 0 Å². The lowest BCUT2D eigenvalue weighted by atomic mass is 9.61. The molecule has 3 fully saturated rings. The zero-order chi connectivity index (χ0) is 21.8. The minimum Gasteiger partial charge on any atom is -0.466 e. The van der Waals surface area contributed by atoms with Crippen LogP contribution in [0.4, 0.5) is 0 Å². The molecule has 1 aliphatic carbocycles. The van der Waals surface area contributed by atoms with Gasteiger partial charge in [-0.25, -0.2) is 0 Å². The number of carbonyl (C=O) groups is 2. The van der Waals surface area contributed by atoms with E-state index in [0.717, 1.165) is 69.7 Å². The summed E-state index contributed by atoms with van der Waals surface area (Å²) < 4.78 is 11.1. The quantitative estimate of drug-likeness (QED) is 0.675. The first-order valence-electron chi connectivity index (χ1n) is 11.8. The lowest BCUT2D eigenvalue weighted by Gasteiger charge is -2.52. The fourth-order valence-electron chi connectivity index (χ4n) is 5.84. The molecule has 170 valence electrons. The number of aryl methyl sites for hydroxylation is 1. The van der Waals surface area contributed by atoms with Gasteiger partial charge in [0.05, 0.1) is 31.7 Å². The number of ether oxygens (including phenoxy) is 2. The number of amides is 1. The van der Waals surface area contributed by atoms with E-state index in [-0.39, 0.29) is 17.8 Å². The van der Waals surface area contributed by atoms with Crippen LogP contribution in [0.1, 0.15) is 43.7 Å². The van der Waals surface area contributed by atoms with E-state index >= 15 is 0 Å². The Labute approximate surface area is 185 Å². The van der Waals surface area contributed by atoms with Gasteiger partial charge >= 0.3 is 5.97 Å². The summed E-state index contributed by atoms with van der Waals surface area (Å²) in [5.41, 5.74) is 1.64. The molecule has 0 unspecified atom stereocenters. The van der Waals surface area contributed by atoms with Crippen LogP contribution in [0.3, 0.4) is 0 Å². The van der Waals surface area contributed by atoms with Crippen molar-refractivity contribution in [3.05, 3.63) is 35.4 Å². The van der Waals surface area contributed by atoms with Crippen LogP contribution < -0.4 is 0 Å². The van der Waals surface area contributed by atoms with E-state index in [1.165, 1.54) is 0 Å². The highest BCUT2D eigenvalue weighted by molar-refractivity contribution is 5.82. The van der Waals surface area contributed by atoms with E-state index in [0.29, 0.717) is 25.6 Å². The van der Waals surface area contributed by atoms with Crippen molar-refractivity contribution >= 4 is 11.9 Å². The van der Waals surface area contributed by atoms with Crippen molar-refractivity contribution < 1.29 is 19.1 Å². The molecule has 3 atom stereocenters. The van der Waals surface area contributed by atoms with Crippen molar-refractivity contribution in [2.24, 2.45) is 11.3 Å². The Kier molecular flexibility index (Phi) is 6.97. The topological polar surface area (TPSA) is 59.1 Å². The second kappa shape index (κ2) is 9.70. The molecule has 1 aromatic carbocycles. The van der Waals surface area contributed by atoms with Crippen molar-refractivity contribution in [1.82, 2.24) is 9.80 Å². The van der Waals surface area contributed by atoms with Crippen LogP contribution >= 0.6 is 0 Å². The number of hydrogen-bond acceptors (Lipinski definition) is 5. The number of hydrogen-bond donors (Lipinski definition) is 0. The van der Waals surface area contributed by atoms with Crippen LogP contribution in [0.15, 0.2) is 24.3 Å². The monoisotopic (exact) mass is 428 g/mol. The van der Waals surface area contributed by atoms with Gasteiger partial charge in [-0.1, -0.05) is 29.8 Å². The Balaban J connectivity index is 1.48. The highest BCUT2D eigenvalue weighted by atomic mass is 16.5. The third kappa shape index (κ3) is 4.80. The molecule has 1 aromatic rings. The molecule has 0 aromatic heterocycles. The van der Waals surface area contributed by atoms with Gasteiger partial charge in [-0.3, -0.25) is 14.5 Å². The first-order chi connectivity index (χ1) is 15.0. The second-order valence-corrected chi connectivity index (χ2v) is 9.42. The molecule has 0 N–H and O–H groups in total. The molecule has 6 heteroatoms. The first kappa shape index (κ1) is 22.3. The Morgan fingerprint density at radius 1 is 1.19 bits per heavy atom. The van der Waals surface area contributed by atoms with Crippen LogP contribution in [-0.4, -0.2) is 73.7 Å². The second-order valence-electron chi connectivity index (χ2n) is 9.42. The molecule has 1 saturated carbocycles. The number of fused-ring (bicyclic) bond motifs is 1. The molecular weight excluding hydrogens is 392 g/mol. The summed E-state index contributed by atoms with van der Waals surface area (Å²) in [5, 5.41) is 0. The molecule has 0 spiro atoms. The Hall–Kier alpha value is -1.92. The molecule has 0 bridgehead atoms. The maximum absolute atomic E-state index is 13.2. The summed E-state index contributed by atoms with van der Waals surface area (Å²) in [7, 11) is 0. The first-order valence-corrected chi connectivity index (χ1v) is 11.8. The highest BCUT2D eigenvalue weighted by Crippen LogP contribution is 2.48. The lowest BCUT2D eigenvalue weighted by Crippen LogP contribution is -2.59. The van der Waals surface area contributed by atoms with Gasteiger partial charge in [-0.2, -0.15) is 0 Å². The summed E-state index contributed by atoms with van der Waals surface area (Å²) in [5.74, 6) is 0.285. The van der Waals surface area contributed by atoms with Crippen LogP contribution in [0.25, 0.3) is 0 Å². The summed E-state index contributed by atoms with van der Waals surface area (Å²) in [6.07, 6.45) is 4.06. The molecule has 3 aliphatic rings. The molecule has 2 saturated heterocycles. The van der Waals surface area contributed by atoms with E-state index in [1.807, 2.05) is 36.9 Å². The smallest absolute Gasteiger partial charge is 0.314 e. The van der Waals surface area contributed by atoms with Crippen LogP contribution in [0.5, 0.6) is 0 Å². The van der Waals surface area contributed by atoms with Gasteiger partial charge in [0.25, 0.3) is 0 Å². The average Bonchev–Trinajstić information content (AvgIpc) is 2.79. The van der Waals surface area contributed by atoms with Crippen molar-refractivity contribution in [2.75, 3.05) is 46.0 Å². The van der Waals surface area contributed by atoms with Gasteiger partial charge in [0.15, 0.2) is 0 Å². The maximum Gasteiger partial charge on any atom is 0.314 e. The van der Waals surface area contributed by atoms with E-state index in [2.05, 4.69) is 11.0 Å². The standard InChI is InChI=1S/C25H36N2O4/c1-3-31-24(29)25-9-7-22(26-11-13-30-14-12-26)17-21(25)8-10-27(18-25)23(28)16-20-6-4-5-19(2)15-20/h4-6,15,21-22H,3,7-14,16-18H2,1-2H3/t21-,22-,25-/m1/s1. The number of esters is 1. The molecule has 4 rings (SSSR count). The van der Waals surface area contributed by atoms with Crippen LogP contribution in [-0.2, 0) is 25.5 Å². The molecule has 0 radical (unpaired) electrons. The van der Waals surface area contributed by atoms with E-state index < -0.39 is 5.41 Å². The Morgan fingerprint density at radius 3 is 2.74 bits per heavy atom. The molecule has 2 heterocycles. The van der Waals surface area contributed by atoms with Gasteiger partial charge in [0.1, 0.15) is 0 Å². The van der Waals surface area contributed by atoms with Crippen LogP contribution in [0, 0.1) is 18.3 Å². The third-order valence-electron chi connectivity index (χ3n) is 7.52. The fourth-order valence-corrected chi connectivity index (χ4v) is 5.84. The number of piperidine rings is 1. The van der Waals surface area contributed by atoms with Crippen molar-refractivity contribution in [1.29, 1.82) is 0 Å². The molecule has 6 nitrogen and oxygen atoms in total. The predicted molar refractivity (Wildman–Crippen MR) is 119 cm³/mol. The summed E-state index contributed by atoms with van der Waals surface area (Å²) >= 11 is 0.